The molecule has 2 amide bonds. The highest BCUT2D eigenvalue weighted by Gasteiger charge is 2.33. The first-order valence-electron chi connectivity index (χ1n) is 9.36. The second-order valence-electron chi connectivity index (χ2n) is 7.07. The lowest BCUT2D eigenvalue weighted by Crippen LogP contribution is -2.34. The van der Waals surface area contributed by atoms with Gasteiger partial charge in [0.25, 0.3) is 0 Å². The molecule has 2 fully saturated rings. The van der Waals surface area contributed by atoms with Gasteiger partial charge in [-0.3, -0.25) is 0 Å². The first-order valence-corrected chi connectivity index (χ1v) is 10.6. The zero-order valence-electron chi connectivity index (χ0n) is 15.2. The maximum absolute atomic E-state index is 12.8. The van der Waals surface area contributed by atoms with Crippen molar-refractivity contribution in [1.29, 1.82) is 0 Å². The fraction of sp³-hybridized carbons (Fsp3) is 0.632. The van der Waals surface area contributed by atoms with Crippen LogP contribution in [0.25, 0.3) is 0 Å². The fourth-order valence-electron chi connectivity index (χ4n) is 4.07. The van der Waals surface area contributed by atoms with Crippen molar-refractivity contribution in [1.82, 2.24) is 4.90 Å². The highest BCUT2D eigenvalue weighted by Crippen LogP contribution is 2.39. The number of fused-ring (bicyclic) bond motifs is 1. The number of ether oxygens (including phenoxy) is 3. The first kappa shape index (κ1) is 17.8. The van der Waals surface area contributed by atoms with Crippen molar-refractivity contribution in [3.05, 3.63) is 12.1 Å². The monoisotopic (exact) mass is 378 g/mol. The molecule has 142 valence electrons. The van der Waals surface area contributed by atoms with Gasteiger partial charge >= 0.3 is 6.03 Å². The number of anilines is 1. The maximum atomic E-state index is 12.8. The van der Waals surface area contributed by atoms with Crippen LogP contribution in [0.15, 0.2) is 17.0 Å². The van der Waals surface area contributed by atoms with Crippen LogP contribution in [0.1, 0.15) is 19.3 Å². The maximum Gasteiger partial charge on any atom is 0.321 e. The molecule has 1 unspecified atom stereocenters. The summed E-state index contributed by atoms with van der Waals surface area (Å²) in [5, 5.41) is 3.08. The van der Waals surface area contributed by atoms with Gasteiger partial charge in [0.2, 0.25) is 0 Å². The molecule has 0 saturated carbocycles. The Morgan fingerprint density at radius 3 is 2.54 bits per heavy atom. The summed E-state index contributed by atoms with van der Waals surface area (Å²) in [6.07, 6.45) is 5.34. The molecule has 0 spiro atoms. The molecule has 1 atom stereocenters. The van der Waals surface area contributed by atoms with Gasteiger partial charge in [0.15, 0.2) is 11.5 Å². The van der Waals surface area contributed by atoms with Crippen LogP contribution in [0.3, 0.4) is 0 Å². The van der Waals surface area contributed by atoms with Crippen LogP contribution in [-0.4, -0.2) is 56.7 Å². The summed E-state index contributed by atoms with van der Waals surface area (Å²) in [6, 6.07) is 3.81. The van der Waals surface area contributed by atoms with Gasteiger partial charge in [-0.1, -0.05) is 0 Å². The van der Waals surface area contributed by atoms with Crippen molar-refractivity contribution in [2.75, 3.05) is 51.1 Å². The fourth-order valence-corrected chi connectivity index (χ4v) is 4.63. The van der Waals surface area contributed by atoms with Gasteiger partial charge in [-0.05, 0) is 43.4 Å². The molecule has 1 aromatic carbocycles. The molecule has 0 aromatic heterocycles. The summed E-state index contributed by atoms with van der Waals surface area (Å²) in [6.45, 7) is 4.50. The molecular formula is C19H26N2O4S. The number of nitrogens with zero attached hydrogens (tertiary/aromatic N) is 1. The van der Waals surface area contributed by atoms with Gasteiger partial charge < -0.3 is 24.4 Å². The zero-order valence-corrected chi connectivity index (χ0v) is 16.0. The zero-order chi connectivity index (χ0) is 17.9. The van der Waals surface area contributed by atoms with Crippen molar-refractivity contribution in [3.63, 3.8) is 0 Å². The minimum atomic E-state index is -0.0217. The largest absolute Gasteiger partial charge is 0.486 e. The summed E-state index contributed by atoms with van der Waals surface area (Å²) >= 11 is 1.59. The average Bonchev–Trinajstić information content (AvgIpc) is 3.18. The molecule has 3 heterocycles. The number of benzene rings is 1. The molecule has 3 aliphatic heterocycles. The van der Waals surface area contributed by atoms with Crippen LogP contribution in [0.4, 0.5) is 10.5 Å². The van der Waals surface area contributed by atoms with Gasteiger partial charge in [-0.2, -0.15) is 0 Å². The standard InChI is InChI=1S/C19H26N2O4S/c1-26-18-11-17-16(24-8-9-25-17)10-15(18)20-19(22)21-5-2-14(12-21)13-3-6-23-7-4-13/h10-11,13-14H,2-9,12H2,1H3,(H,20,22). The van der Waals surface area contributed by atoms with E-state index in [9.17, 15) is 4.79 Å². The molecular weight excluding hydrogens is 352 g/mol. The quantitative estimate of drug-likeness (QED) is 0.816. The van der Waals surface area contributed by atoms with Gasteiger partial charge in [-0.15, -0.1) is 11.8 Å². The van der Waals surface area contributed by atoms with E-state index < -0.39 is 0 Å². The number of carbonyl (C=O) groups excluding carboxylic acids is 1. The van der Waals surface area contributed by atoms with Crippen LogP contribution in [0, 0.1) is 11.8 Å². The van der Waals surface area contributed by atoms with E-state index in [0.717, 1.165) is 61.9 Å². The number of nitrogens with one attached hydrogen (secondary N) is 1. The molecule has 1 aromatic rings. The lowest BCUT2D eigenvalue weighted by molar-refractivity contribution is 0.0485. The Bertz CT molecular complexity index is 663. The molecule has 7 heteroatoms. The number of amides is 2. The first-order chi connectivity index (χ1) is 12.7. The number of urea groups is 1. The van der Waals surface area contributed by atoms with E-state index in [1.165, 1.54) is 0 Å². The van der Waals surface area contributed by atoms with Crippen LogP contribution in [-0.2, 0) is 4.74 Å². The Morgan fingerprint density at radius 1 is 1.08 bits per heavy atom. The van der Waals surface area contributed by atoms with E-state index in [4.69, 9.17) is 14.2 Å². The van der Waals surface area contributed by atoms with Gasteiger partial charge in [-0.25, -0.2) is 4.79 Å². The Kier molecular flexibility index (Phi) is 5.45. The molecule has 0 aliphatic carbocycles. The van der Waals surface area contributed by atoms with Crippen LogP contribution in [0.2, 0.25) is 0 Å². The third kappa shape index (κ3) is 3.74. The smallest absolute Gasteiger partial charge is 0.321 e. The second kappa shape index (κ2) is 7.96. The Morgan fingerprint density at radius 2 is 1.81 bits per heavy atom. The molecule has 1 N–H and O–H groups in total. The van der Waals surface area contributed by atoms with Crippen molar-refractivity contribution < 1.29 is 19.0 Å². The van der Waals surface area contributed by atoms with E-state index >= 15 is 0 Å². The normalized spacial score (nSPS) is 23.1. The van der Waals surface area contributed by atoms with Crippen molar-refractivity contribution in [2.45, 2.75) is 24.2 Å². The highest BCUT2D eigenvalue weighted by atomic mass is 32.2. The summed E-state index contributed by atoms with van der Waals surface area (Å²) in [7, 11) is 0. The van der Waals surface area contributed by atoms with Crippen molar-refractivity contribution in [2.24, 2.45) is 11.8 Å². The van der Waals surface area contributed by atoms with E-state index in [2.05, 4.69) is 5.32 Å². The summed E-state index contributed by atoms with van der Waals surface area (Å²) in [5.74, 6) is 2.74. The highest BCUT2D eigenvalue weighted by molar-refractivity contribution is 7.98. The van der Waals surface area contributed by atoms with Gasteiger partial charge in [0, 0.05) is 37.3 Å². The van der Waals surface area contributed by atoms with Crippen LogP contribution >= 0.6 is 11.8 Å². The molecule has 0 bridgehead atoms. The number of rotatable bonds is 3. The van der Waals surface area contributed by atoms with Crippen LogP contribution < -0.4 is 14.8 Å². The Balaban J connectivity index is 1.41. The number of thioether (sulfide) groups is 1. The van der Waals surface area contributed by atoms with Crippen LogP contribution in [0.5, 0.6) is 11.5 Å². The van der Waals surface area contributed by atoms with Crippen molar-refractivity contribution >= 4 is 23.5 Å². The lowest BCUT2D eigenvalue weighted by Gasteiger charge is -2.27. The molecule has 4 rings (SSSR count). The number of likely N-dealkylation sites (tertiary alicyclic amines) is 1. The Labute approximate surface area is 158 Å². The third-order valence-electron chi connectivity index (χ3n) is 5.55. The SMILES string of the molecule is CSc1cc2c(cc1NC(=O)N1CCC(C3CCOCC3)C1)OCCO2. The molecule has 2 saturated heterocycles. The molecule has 26 heavy (non-hydrogen) atoms. The van der Waals surface area contributed by atoms with E-state index in [1.807, 2.05) is 23.3 Å². The molecule has 0 radical (unpaired) electrons. The van der Waals surface area contributed by atoms with E-state index in [0.29, 0.717) is 30.8 Å². The second-order valence-corrected chi connectivity index (χ2v) is 7.92. The minimum Gasteiger partial charge on any atom is -0.486 e. The number of hydrogen-bond donors (Lipinski definition) is 1. The third-order valence-corrected chi connectivity index (χ3v) is 6.33. The topological polar surface area (TPSA) is 60.0 Å². The molecule has 3 aliphatic rings. The van der Waals surface area contributed by atoms with Crippen molar-refractivity contribution in [3.8, 4) is 11.5 Å². The summed E-state index contributed by atoms with van der Waals surface area (Å²) < 4.78 is 16.8. The number of hydrogen-bond acceptors (Lipinski definition) is 5. The summed E-state index contributed by atoms with van der Waals surface area (Å²) in [5.41, 5.74) is 0.793. The van der Waals surface area contributed by atoms with E-state index in [1.54, 1.807) is 11.8 Å². The average molecular weight is 378 g/mol. The molecule has 6 nitrogen and oxygen atoms in total. The Hall–Kier alpha value is -1.60. The predicted octanol–water partition coefficient (Wildman–Crippen LogP) is 3.46. The lowest BCUT2D eigenvalue weighted by atomic mass is 9.85. The predicted molar refractivity (Wildman–Crippen MR) is 101 cm³/mol. The van der Waals surface area contributed by atoms with E-state index in [-0.39, 0.29) is 6.03 Å². The summed E-state index contributed by atoms with van der Waals surface area (Å²) in [4.78, 5) is 15.7. The number of carbonyl (C=O) groups is 1. The minimum absolute atomic E-state index is 0.0217. The van der Waals surface area contributed by atoms with Gasteiger partial charge in [0.1, 0.15) is 13.2 Å². The van der Waals surface area contributed by atoms with Gasteiger partial charge in [0.05, 0.1) is 5.69 Å².